The van der Waals surface area contributed by atoms with Gasteiger partial charge >= 0.3 is 5.97 Å². The first-order chi connectivity index (χ1) is 10.8. The van der Waals surface area contributed by atoms with Crippen LogP contribution in [-0.4, -0.2) is 11.1 Å². The van der Waals surface area contributed by atoms with Crippen LogP contribution in [0.15, 0.2) is 30.0 Å². The van der Waals surface area contributed by atoms with Crippen molar-refractivity contribution in [3.8, 4) is 0 Å². The summed E-state index contributed by atoms with van der Waals surface area (Å²) in [6.07, 6.45) is 23.7. The highest BCUT2D eigenvalue weighted by Crippen LogP contribution is 2.11. The summed E-state index contributed by atoms with van der Waals surface area (Å²) in [5.74, 6) is -0.814. The number of hydrogen-bond acceptors (Lipinski definition) is 1. The fraction of sp³-hybridized carbons (Fsp3) is 0.700. The van der Waals surface area contributed by atoms with Crippen molar-refractivity contribution in [1.29, 1.82) is 0 Å². The zero-order chi connectivity index (χ0) is 16.3. The molecule has 0 saturated carbocycles. The summed E-state index contributed by atoms with van der Waals surface area (Å²) in [6.45, 7) is 2.27. The first-order valence-electron chi connectivity index (χ1n) is 9.05. The predicted octanol–water partition coefficient (Wildman–Crippen LogP) is 6.43. The molecule has 0 aliphatic heterocycles. The minimum absolute atomic E-state index is 0.0446. The van der Waals surface area contributed by atoms with Crippen LogP contribution in [0.2, 0.25) is 0 Å². The van der Waals surface area contributed by atoms with Gasteiger partial charge in [0.25, 0.3) is 0 Å². The van der Waals surface area contributed by atoms with Gasteiger partial charge in [-0.3, -0.25) is 4.79 Å². The number of carbonyl (C=O) groups is 1. The third kappa shape index (κ3) is 18.7. The standard InChI is InChI=1S/C20H34O2/c1-2-3-4-5-6-7-8-9-10-11-12-13-14-15-16-17-18-19-20(21)22/h14-16,18H,2-13,19H2,1H3,(H,21,22)/b15-14-. The van der Waals surface area contributed by atoms with E-state index < -0.39 is 5.97 Å². The Kier molecular flexibility index (Phi) is 16.8. The summed E-state index contributed by atoms with van der Waals surface area (Å²) in [7, 11) is 0. The summed E-state index contributed by atoms with van der Waals surface area (Å²) in [6, 6.07) is 0. The summed E-state index contributed by atoms with van der Waals surface area (Å²) >= 11 is 0. The van der Waals surface area contributed by atoms with E-state index >= 15 is 0 Å². The molecule has 0 atom stereocenters. The van der Waals surface area contributed by atoms with Gasteiger partial charge in [-0.25, -0.2) is 0 Å². The van der Waals surface area contributed by atoms with Crippen molar-refractivity contribution in [2.75, 3.05) is 0 Å². The SMILES string of the molecule is CCCCCCCCCCCCC/C=C\C=C=CCC(=O)O. The molecule has 0 heterocycles. The molecule has 0 radical (unpaired) electrons. The summed E-state index contributed by atoms with van der Waals surface area (Å²) in [4.78, 5) is 10.3. The second-order valence-corrected chi connectivity index (χ2v) is 5.89. The van der Waals surface area contributed by atoms with E-state index in [1.54, 1.807) is 6.08 Å². The number of carboxylic acid groups (broad SMARTS) is 1. The minimum Gasteiger partial charge on any atom is -0.481 e. The first kappa shape index (κ1) is 20.7. The average molecular weight is 306 g/mol. The number of allylic oxidation sites excluding steroid dienone is 2. The molecule has 0 fully saturated rings. The van der Waals surface area contributed by atoms with Crippen molar-refractivity contribution in [2.45, 2.75) is 90.4 Å². The van der Waals surface area contributed by atoms with Crippen LogP contribution in [-0.2, 0) is 4.79 Å². The highest BCUT2D eigenvalue weighted by Gasteiger charge is 1.92. The first-order valence-corrected chi connectivity index (χ1v) is 9.05. The molecular formula is C20H34O2. The Morgan fingerprint density at radius 1 is 0.909 bits per heavy atom. The van der Waals surface area contributed by atoms with E-state index in [1.165, 1.54) is 76.7 Å². The van der Waals surface area contributed by atoms with Gasteiger partial charge < -0.3 is 5.11 Å². The lowest BCUT2D eigenvalue weighted by atomic mass is 10.1. The fourth-order valence-electron chi connectivity index (χ4n) is 2.36. The number of unbranched alkanes of at least 4 members (excludes halogenated alkanes) is 11. The maximum absolute atomic E-state index is 10.3. The maximum atomic E-state index is 10.3. The quantitative estimate of drug-likeness (QED) is 0.215. The Hall–Kier alpha value is -1.27. The molecule has 0 bridgehead atoms. The summed E-state index contributed by atoms with van der Waals surface area (Å²) in [5.41, 5.74) is 2.84. The molecule has 22 heavy (non-hydrogen) atoms. The Balaban J connectivity index is 3.23. The molecule has 0 amide bonds. The fourth-order valence-corrected chi connectivity index (χ4v) is 2.36. The Bertz CT molecular complexity index is 336. The zero-order valence-corrected chi connectivity index (χ0v) is 14.4. The smallest absolute Gasteiger partial charge is 0.307 e. The van der Waals surface area contributed by atoms with Crippen LogP contribution in [0.4, 0.5) is 0 Å². The van der Waals surface area contributed by atoms with Crippen molar-refractivity contribution in [3.05, 3.63) is 30.0 Å². The molecule has 0 rings (SSSR count). The van der Waals surface area contributed by atoms with Gasteiger partial charge in [-0.1, -0.05) is 83.3 Å². The van der Waals surface area contributed by atoms with Crippen molar-refractivity contribution >= 4 is 5.97 Å². The summed E-state index contributed by atoms with van der Waals surface area (Å²) < 4.78 is 0. The van der Waals surface area contributed by atoms with E-state index in [9.17, 15) is 4.79 Å². The van der Waals surface area contributed by atoms with Gasteiger partial charge in [0, 0.05) is 0 Å². The monoisotopic (exact) mass is 306 g/mol. The number of carboxylic acids is 1. The highest BCUT2D eigenvalue weighted by atomic mass is 16.4. The second-order valence-electron chi connectivity index (χ2n) is 5.89. The molecule has 1 N–H and O–H groups in total. The lowest BCUT2D eigenvalue weighted by molar-refractivity contribution is -0.135. The Morgan fingerprint density at radius 3 is 2.00 bits per heavy atom. The van der Waals surface area contributed by atoms with Crippen LogP contribution in [0.3, 0.4) is 0 Å². The van der Waals surface area contributed by atoms with Crippen LogP contribution in [0.25, 0.3) is 0 Å². The van der Waals surface area contributed by atoms with E-state index in [0.29, 0.717) is 0 Å². The molecule has 0 aromatic rings. The van der Waals surface area contributed by atoms with Crippen LogP contribution in [0, 0.1) is 0 Å². The zero-order valence-electron chi connectivity index (χ0n) is 14.4. The molecule has 0 spiro atoms. The van der Waals surface area contributed by atoms with Crippen molar-refractivity contribution in [1.82, 2.24) is 0 Å². The van der Waals surface area contributed by atoms with Crippen molar-refractivity contribution < 1.29 is 9.90 Å². The molecule has 0 aromatic carbocycles. The molecule has 0 aromatic heterocycles. The van der Waals surface area contributed by atoms with E-state index in [0.717, 1.165) is 6.42 Å². The molecule has 0 aliphatic carbocycles. The van der Waals surface area contributed by atoms with Gasteiger partial charge in [0.2, 0.25) is 0 Å². The van der Waals surface area contributed by atoms with E-state index in [4.69, 9.17) is 5.11 Å². The third-order valence-electron chi connectivity index (χ3n) is 3.70. The van der Waals surface area contributed by atoms with Crippen molar-refractivity contribution in [3.63, 3.8) is 0 Å². The second kappa shape index (κ2) is 17.8. The molecular weight excluding hydrogens is 272 g/mol. The molecule has 2 nitrogen and oxygen atoms in total. The lowest BCUT2D eigenvalue weighted by Gasteiger charge is -2.01. The normalized spacial score (nSPS) is 10.6. The largest absolute Gasteiger partial charge is 0.481 e. The molecule has 2 heteroatoms. The average Bonchev–Trinajstić information content (AvgIpc) is 2.50. The van der Waals surface area contributed by atoms with E-state index in [-0.39, 0.29) is 6.42 Å². The topological polar surface area (TPSA) is 37.3 Å². The Labute approximate surface area is 137 Å². The number of aliphatic carboxylic acids is 1. The minimum atomic E-state index is -0.814. The van der Waals surface area contributed by atoms with Crippen LogP contribution in [0.1, 0.15) is 90.4 Å². The maximum Gasteiger partial charge on any atom is 0.307 e. The third-order valence-corrected chi connectivity index (χ3v) is 3.70. The van der Waals surface area contributed by atoms with E-state index in [2.05, 4.69) is 18.7 Å². The van der Waals surface area contributed by atoms with Gasteiger partial charge in [-0.05, 0) is 25.0 Å². The van der Waals surface area contributed by atoms with Crippen molar-refractivity contribution in [2.24, 2.45) is 0 Å². The van der Waals surface area contributed by atoms with Gasteiger partial charge in [0.05, 0.1) is 6.42 Å². The van der Waals surface area contributed by atoms with Crippen LogP contribution >= 0.6 is 0 Å². The number of rotatable bonds is 15. The van der Waals surface area contributed by atoms with Gasteiger partial charge in [-0.2, -0.15) is 0 Å². The molecule has 0 aliphatic rings. The van der Waals surface area contributed by atoms with Gasteiger partial charge in [0.15, 0.2) is 0 Å². The van der Waals surface area contributed by atoms with E-state index in [1.807, 2.05) is 6.08 Å². The molecule has 0 unspecified atom stereocenters. The van der Waals surface area contributed by atoms with Gasteiger partial charge in [-0.15, -0.1) is 5.73 Å². The predicted molar refractivity (Wildman–Crippen MR) is 95.1 cm³/mol. The van der Waals surface area contributed by atoms with Crippen LogP contribution in [0.5, 0.6) is 0 Å². The van der Waals surface area contributed by atoms with Gasteiger partial charge in [0.1, 0.15) is 0 Å². The Morgan fingerprint density at radius 2 is 1.45 bits per heavy atom. The van der Waals surface area contributed by atoms with Crippen LogP contribution < -0.4 is 0 Å². The molecule has 0 saturated heterocycles. The molecule has 126 valence electrons. The highest BCUT2D eigenvalue weighted by molar-refractivity contribution is 5.68. The lowest BCUT2D eigenvalue weighted by Crippen LogP contribution is -1.88. The number of hydrogen-bond donors (Lipinski definition) is 1. The summed E-state index contributed by atoms with van der Waals surface area (Å²) in [5, 5.41) is 8.44.